The number of nitrogens with two attached hydrogens (primary N) is 1. The van der Waals surface area contributed by atoms with Gasteiger partial charge in [0, 0.05) is 27.3 Å². The Morgan fingerprint density at radius 2 is 1.89 bits per heavy atom. The molecule has 1 aromatic heterocycles. The molecule has 1 aliphatic heterocycles. The SMILES string of the molecule is COCCN1CCC(c2ccc(F)cc2)C1.COCc1nn(-c2ccccc2)c(NC(N)=O)c1Cl. The Labute approximate surface area is 209 Å². The number of amides is 2. The normalized spacial score (nSPS) is 15.5. The number of para-hydroxylation sites is 1. The molecule has 1 unspecified atom stereocenters. The summed E-state index contributed by atoms with van der Waals surface area (Å²) < 4.78 is 24.4. The molecule has 0 spiro atoms. The van der Waals surface area contributed by atoms with E-state index in [2.05, 4.69) is 15.3 Å². The van der Waals surface area contributed by atoms with Crippen molar-refractivity contribution in [2.24, 2.45) is 5.73 Å². The molecule has 0 saturated carbocycles. The summed E-state index contributed by atoms with van der Waals surface area (Å²) in [6, 6.07) is 15.5. The van der Waals surface area contributed by atoms with Crippen LogP contribution in [0.1, 0.15) is 23.6 Å². The van der Waals surface area contributed by atoms with Crippen LogP contribution in [0.4, 0.5) is 15.0 Å². The number of aromatic nitrogens is 2. The molecule has 1 aliphatic rings. The van der Waals surface area contributed by atoms with Gasteiger partial charge < -0.3 is 20.1 Å². The molecule has 2 heterocycles. The fourth-order valence-corrected chi connectivity index (χ4v) is 4.14. The van der Waals surface area contributed by atoms with E-state index in [1.807, 2.05) is 42.5 Å². The molecule has 35 heavy (non-hydrogen) atoms. The number of nitrogens with zero attached hydrogens (tertiary/aromatic N) is 3. The summed E-state index contributed by atoms with van der Waals surface area (Å²) in [6.45, 7) is 4.21. The summed E-state index contributed by atoms with van der Waals surface area (Å²) in [5.41, 5.74) is 7.68. The zero-order valence-corrected chi connectivity index (χ0v) is 20.7. The van der Waals surface area contributed by atoms with Crippen LogP contribution in [0, 0.1) is 5.82 Å². The molecular formula is C25H31ClFN5O3. The fraction of sp³-hybridized carbons (Fsp3) is 0.360. The third-order valence-corrected chi connectivity index (χ3v) is 6.04. The van der Waals surface area contributed by atoms with Gasteiger partial charge in [0.2, 0.25) is 0 Å². The number of primary amides is 1. The lowest BCUT2D eigenvalue weighted by Crippen LogP contribution is -2.24. The number of anilines is 1. The van der Waals surface area contributed by atoms with Crippen molar-refractivity contribution in [2.45, 2.75) is 18.9 Å². The first-order chi connectivity index (χ1) is 16.9. The van der Waals surface area contributed by atoms with Crippen molar-refractivity contribution in [3.8, 4) is 5.69 Å². The van der Waals surface area contributed by atoms with Gasteiger partial charge in [0.1, 0.15) is 16.5 Å². The number of hydrogen-bond donors (Lipinski definition) is 2. The Morgan fingerprint density at radius 3 is 2.51 bits per heavy atom. The minimum Gasteiger partial charge on any atom is -0.383 e. The van der Waals surface area contributed by atoms with E-state index in [4.69, 9.17) is 26.8 Å². The third-order valence-electron chi connectivity index (χ3n) is 5.64. The van der Waals surface area contributed by atoms with E-state index in [-0.39, 0.29) is 12.4 Å². The van der Waals surface area contributed by atoms with Gasteiger partial charge in [-0.25, -0.2) is 13.9 Å². The molecule has 4 rings (SSSR count). The lowest BCUT2D eigenvalue weighted by molar-refractivity contribution is 0.160. The molecule has 1 fully saturated rings. The van der Waals surface area contributed by atoms with Crippen LogP contribution in [-0.4, -0.2) is 61.2 Å². The van der Waals surface area contributed by atoms with Crippen LogP contribution in [0.3, 0.4) is 0 Å². The number of hydrogen-bond acceptors (Lipinski definition) is 5. The highest BCUT2D eigenvalue weighted by Crippen LogP contribution is 2.29. The van der Waals surface area contributed by atoms with Crippen molar-refractivity contribution in [1.82, 2.24) is 14.7 Å². The van der Waals surface area contributed by atoms with Gasteiger partial charge in [-0.15, -0.1) is 0 Å². The highest BCUT2D eigenvalue weighted by atomic mass is 35.5. The number of ether oxygens (including phenoxy) is 2. The van der Waals surface area contributed by atoms with Gasteiger partial charge >= 0.3 is 6.03 Å². The van der Waals surface area contributed by atoms with Crippen molar-refractivity contribution < 1.29 is 18.7 Å². The zero-order chi connectivity index (χ0) is 25.2. The average Bonchev–Trinajstić information content (AvgIpc) is 3.45. The number of likely N-dealkylation sites (tertiary alicyclic amines) is 1. The lowest BCUT2D eigenvalue weighted by Gasteiger charge is -2.15. The molecule has 0 bridgehead atoms. The summed E-state index contributed by atoms with van der Waals surface area (Å²) in [6.07, 6.45) is 1.16. The van der Waals surface area contributed by atoms with Crippen LogP contribution < -0.4 is 11.1 Å². The largest absolute Gasteiger partial charge is 0.383 e. The van der Waals surface area contributed by atoms with Crippen molar-refractivity contribution >= 4 is 23.4 Å². The minimum absolute atomic E-state index is 0.155. The Kier molecular flexibility index (Phi) is 10.0. The molecule has 0 aliphatic carbocycles. The molecule has 3 aromatic rings. The van der Waals surface area contributed by atoms with Gasteiger partial charge in [0.15, 0.2) is 5.82 Å². The molecule has 0 radical (unpaired) electrons. The topological polar surface area (TPSA) is 94.6 Å². The average molecular weight is 504 g/mol. The van der Waals surface area contributed by atoms with E-state index in [0.29, 0.717) is 22.5 Å². The number of halogens is 2. The van der Waals surface area contributed by atoms with Crippen molar-refractivity contribution in [3.63, 3.8) is 0 Å². The molecule has 2 aromatic carbocycles. The summed E-state index contributed by atoms with van der Waals surface area (Å²) in [4.78, 5) is 13.5. The maximum absolute atomic E-state index is 12.8. The minimum atomic E-state index is -0.706. The molecule has 10 heteroatoms. The summed E-state index contributed by atoms with van der Waals surface area (Å²) in [5.74, 6) is 0.725. The second kappa shape index (κ2) is 13.2. The van der Waals surface area contributed by atoms with E-state index in [1.165, 1.54) is 10.2 Å². The number of carbonyl (C=O) groups excluding carboxylic acids is 1. The number of nitrogens with one attached hydrogen (secondary N) is 1. The van der Waals surface area contributed by atoms with Gasteiger partial charge in [0.25, 0.3) is 0 Å². The number of rotatable bonds is 8. The Bertz CT molecular complexity index is 1080. The van der Waals surface area contributed by atoms with E-state index >= 15 is 0 Å². The lowest BCUT2D eigenvalue weighted by atomic mass is 9.99. The van der Waals surface area contributed by atoms with Gasteiger partial charge in [-0.2, -0.15) is 5.10 Å². The number of carbonyl (C=O) groups is 1. The Morgan fingerprint density at radius 1 is 1.17 bits per heavy atom. The van der Waals surface area contributed by atoms with Crippen LogP contribution in [0.5, 0.6) is 0 Å². The molecular weight excluding hydrogens is 473 g/mol. The highest BCUT2D eigenvalue weighted by Gasteiger charge is 2.23. The highest BCUT2D eigenvalue weighted by molar-refractivity contribution is 6.34. The fourth-order valence-electron chi connectivity index (χ4n) is 3.92. The monoisotopic (exact) mass is 503 g/mol. The van der Waals surface area contributed by atoms with Gasteiger partial charge in [-0.1, -0.05) is 41.9 Å². The Balaban J connectivity index is 0.000000198. The van der Waals surface area contributed by atoms with Crippen molar-refractivity contribution in [1.29, 1.82) is 0 Å². The summed E-state index contributed by atoms with van der Waals surface area (Å²) in [7, 11) is 3.27. The zero-order valence-electron chi connectivity index (χ0n) is 19.9. The van der Waals surface area contributed by atoms with E-state index in [9.17, 15) is 9.18 Å². The predicted molar refractivity (Wildman–Crippen MR) is 135 cm³/mol. The van der Waals surface area contributed by atoms with E-state index in [0.717, 1.165) is 38.3 Å². The first kappa shape index (κ1) is 26.6. The molecule has 1 atom stereocenters. The number of benzene rings is 2. The van der Waals surface area contributed by atoms with Crippen LogP contribution >= 0.6 is 11.6 Å². The summed E-state index contributed by atoms with van der Waals surface area (Å²) >= 11 is 6.17. The third kappa shape index (κ3) is 7.50. The predicted octanol–water partition coefficient (Wildman–Crippen LogP) is 4.42. The molecule has 3 N–H and O–H groups in total. The molecule has 2 amide bonds. The van der Waals surface area contributed by atoms with Gasteiger partial charge in [0.05, 0.1) is 18.9 Å². The number of urea groups is 1. The van der Waals surface area contributed by atoms with Crippen LogP contribution in [-0.2, 0) is 16.1 Å². The molecule has 188 valence electrons. The van der Waals surface area contributed by atoms with Gasteiger partial charge in [-0.3, -0.25) is 5.32 Å². The molecule has 1 saturated heterocycles. The van der Waals surface area contributed by atoms with Crippen molar-refractivity contribution in [3.05, 3.63) is 76.7 Å². The van der Waals surface area contributed by atoms with Crippen LogP contribution in [0.2, 0.25) is 5.02 Å². The quantitative estimate of drug-likeness (QED) is 0.474. The van der Waals surface area contributed by atoms with E-state index < -0.39 is 6.03 Å². The van der Waals surface area contributed by atoms with Gasteiger partial charge in [-0.05, 0) is 48.7 Å². The summed E-state index contributed by atoms with van der Waals surface area (Å²) in [5, 5.41) is 7.09. The molecule has 8 nitrogen and oxygen atoms in total. The maximum Gasteiger partial charge on any atom is 0.317 e. The maximum atomic E-state index is 12.8. The van der Waals surface area contributed by atoms with E-state index in [1.54, 1.807) is 26.4 Å². The standard InChI is InChI=1S/C13H18FNO.C12H13ClN4O2/c1-16-9-8-15-7-6-12(10-15)11-2-4-13(14)5-3-11;1-19-7-9-10(13)11(15-12(14)18)17(16-9)8-5-3-2-4-6-8/h2-5,12H,6-10H2,1H3;2-6H,7H2,1H3,(H3,14,15,18). The second-order valence-electron chi connectivity index (χ2n) is 8.11. The van der Waals surface area contributed by atoms with Crippen molar-refractivity contribution in [2.75, 3.05) is 45.8 Å². The first-order valence-electron chi connectivity index (χ1n) is 11.3. The van der Waals surface area contributed by atoms with Crippen LogP contribution in [0.15, 0.2) is 54.6 Å². The smallest absolute Gasteiger partial charge is 0.317 e. The first-order valence-corrected chi connectivity index (χ1v) is 11.7. The second-order valence-corrected chi connectivity index (χ2v) is 8.49. The van der Waals surface area contributed by atoms with Crippen LogP contribution in [0.25, 0.3) is 5.69 Å². The number of methoxy groups -OCH3 is 2. The Hall–Kier alpha value is -2.98.